The Kier molecular flexibility index (Phi) is 6.44. The lowest BCUT2D eigenvalue weighted by Gasteiger charge is -2.06. The van der Waals surface area contributed by atoms with Crippen LogP contribution in [0.3, 0.4) is 0 Å². The van der Waals surface area contributed by atoms with Crippen LogP contribution >= 0.6 is 0 Å². The highest BCUT2D eigenvalue weighted by molar-refractivity contribution is 7.84. The van der Waals surface area contributed by atoms with Crippen LogP contribution in [0.15, 0.2) is 76.0 Å². The molecule has 1 atom stereocenters. The van der Waals surface area contributed by atoms with E-state index in [9.17, 15) is 9.00 Å². The summed E-state index contributed by atoms with van der Waals surface area (Å²) in [5.41, 5.74) is 0.962. The zero-order valence-electron chi connectivity index (χ0n) is 15.0. The molecule has 0 unspecified atom stereocenters. The summed E-state index contributed by atoms with van der Waals surface area (Å²) in [4.78, 5) is 13.0. The largest absolute Gasteiger partial charge is 0.494 e. The van der Waals surface area contributed by atoms with Gasteiger partial charge in [0.2, 0.25) is 0 Å². The Morgan fingerprint density at radius 2 is 1.78 bits per heavy atom. The Hall–Kier alpha value is -2.86. The second-order valence-corrected chi connectivity index (χ2v) is 7.28. The second kappa shape index (κ2) is 9.19. The summed E-state index contributed by atoms with van der Waals surface area (Å²) < 4.78 is 23.3. The molecule has 0 aliphatic heterocycles. The van der Waals surface area contributed by atoms with Crippen molar-refractivity contribution in [1.29, 1.82) is 0 Å². The van der Waals surface area contributed by atoms with E-state index >= 15 is 0 Å². The number of carbonyl (C=O) groups excluding carboxylic acids is 1. The van der Waals surface area contributed by atoms with Crippen LogP contribution in [0.5, 0.6) is 5.75 Å². The van der Waals surface area contributed by atoms with Gasteiger partial charge in [-0.15, -0.1) is 0 Å². The van der Waals surface area contributed by atoms with Gasteiger partial charge in [-0.2, -0.15) is 0 Å². The Morgan fingerprint density at radius 3 is 2.48 bits per heavy atom. The SMILES string of the molecule is CCOc1ccc(CNC(=O)c2ccc(C[S@](=O)c3ccccc3)o2)cc1. The average Bonchev–Trinajstić information content (AvgIpc) is 3.17. The number of hydrogen-bond acceptors (Lipinski definition) is 4. The molecule has 0 aliphatic carbocycles. The molecular weight excluding hydrogens is 362 g/mol. The van der Waals surface area contributed by atoms with Crippen molar-refractivity contribution in [3.63, 3.8) is 0 Å². The van der Waals surface area contributed by atoms with Gasteiger partial charge in [-0.1, -0.05) is 30.3 Å². The third-order valence-electron chi connectivity index (χ3n) is 3.85. The summed E-state index contributed by atoms with van der Waals surface area (Å²) in [5.74, 6) is 1.45. The van der Waals surface area contributed by atoms with Crippen LogP contribution in [0.25, 0.3) is 0 Å². The van der Waals surface area contributed by atoms with Gasteiger partial charge in [0.1, 0.15) is 11.5 Å². The summed E-state index contributed by atoms with van der Waals surface area (Å²) in [6.07, 6.45) is 0. The molecule has 5 nitrogen and oxygen atoms in total. The number of benzene rings is 2. The van der Waals surface area contributed by atoms with Crippen molar-refractivity contribution in [3.05, 3.63) is 83.8 Å². The molecule has 1 aromatic heterocycles. The Bertz CT molecular complexity index is 903. The quantitative estimate of drug-likeness (QED) is 0.640. The van der Waals surface area contributed by atoms with Crippen LogP contribution in [0.4, 0.5) is 0 Å². The molecule has 2 aromatic carbocycles. The van der Waals surface area contributed by atoms with E-state index in [1.165, 1.54) is 0 Å². The second-order valence-electron chi connectivity index (χ2n) is 5.83. The summed E-state index contributed by atoms with van der Waals surface area (Å²) in [6, 6.07) is 20.0. The number of furan rings is 1. The van der Waals surface area contributed by atoms with Crippen LogP contribution in [0, 0.1) is 0 Å². The summed E-state index contributed by atoms with van der Waals surface area (Å²) in [5, 5.41) is 2.82. The van der Waals surface area contributed by atoms with Crippen LogP contribution < -0.4 is 10.1 Å². The molecular formula is C21H21NO4S. The molecule has 140 valence electrons. The zero-order valence-corrected chi connectivity index (χ0v) is 15.8. The first kappa shape index (κ1) is 18.9. The molecule has 3 rings (SSSR count). The summed E-state index contributed by atoms with van der Waals surface area (Å²) >= 11 is 0. The van der Waals surface area contributed by atoms with E-state index < -0.39 is 10.8 Å². The fourth-order valence-electron chi connectivity index (χ4n) is 2.50. The summed E-state index contributed by atoms with van der Waals surface area (Å²) in [7, 11) is -1.21. The van der Waals surface area contributed by atoms with Crippen molar-refractivity contribution in [2.24, 2.45) is 0 Å². The number of amides is 1. The maximum Gasteiger partial charge on any atom is 0.287 e. The minimum atomic E-state index is -1.21. The van der Waals surface area contributed by atoms with Gasteiger partial charge in [-0.3, -0.25) is 9.00 Å². The first-order valence-corrected chi connectivity index (χ1v) is 9.99. The van der Waals surface area contributed by atoms with Crippen LogP contribution in [-0.4, -0.2) is 16.7 Å². The molecule has 6 heteroatoms. The van der Waals surface area contributed by atoms with Gasteiger partial charge in [-0.05, 0) is 48.9 Å². The van der Waals surface area contributed by atoms with Gasteiger partial charge >= 0.3 is 0 Å². The molecule has 0 fully saturated rings. The lowest BCUT2D eigenvalue weighted by molar-refractivity contribution is 0.0921. The minimum Gasteiger partial charge on any atom is -0.494 e. The molecule has 0 bridgehead atoms. The fraction of sp³-hybridized carbons (Fsp3) is 0.190. The molecule has 0 aliphatic rings. The van der Waals surface area contributed by atoms with Gasteiger partial charge in [0.05, 0.1) is 23.2 Å². The van der Waals surface area contributed by atoms with E-state index in [1.54, 1.807) is 12.1 Å². The third-order valence-corrected chi connectivity index (χ3v) is 5.20. The first-order chi connectivity index (χ1) is 13.2. The van der Waals surface area contributed by atoms with E-state index in [1.807, 2.05) is 61.5 Å². The number of hydrogen-bond donors (Lipinski definition) is 1. The van der Waals surface area contributed by atoms with Crippen LogP contribution in [-0.2, 0) is 23.1 Å². The maximum absolute atomic E-state index is 12.3. The third kappa shape index (κ3) is 5.31. The van der Waals surface area contributed by atoms with E-state index in [0.29, 0.717) is 18.9 Å². The topological polar surface area (TPSA) is 68.5 Å². The smallest absolute Gasteiger partial charge is 0.287 e. The van der Waals surface area contributed by atoms with Crippen LogP contribution in [0.1, 0.15) is 28.8 Å². The normalized spacial score (nSPS) is 11.7. The lowest BCUT2D eigenvalue weighted by Crippen LogP contribution is -2.22. The highest BCUT2D eigenvalue weighted by Crippen LogP contribution is 2.16. The van der Waals surface area contributed by atoms with E-state index in [4.69, 9.17) is 9.15 Å². The number of ether oxygens (including phenoxy) is 1. The minimum absolute atomic E-state index is 0.209. The fourth-order valence-corrected chi connectivity index (χ4v) is 3.54. The highest BCUT2D eigenvalue weighted by Gasteiger charge is 2.13. The molecule has 0 spiro atoms. The Morgan fingerprint density at radius 1 is 1.04 bits per heavy atom. The van der Waals surface area contributed by atoms with Crippen molar-refractivity contribution >= 4 is 16.7 Å². The van der Waals surface area contributed by atoms with Crippen molar-refractivity contribution < 1.29 is 18.2 Å². The van der Waals surface area contributed by atoms with Gasteiger partial charge < -0.3 is 14.5 Å². The molecule has 0 saturated heterocycles. The molecule has 0 radical (unpaired) electrons. The van der Waals surface area contributed by atoms with Crippen molar-refractivity contribution in [2.75, 3.05) is 6.61 Å². The summed E-state index contributed by atoms with van der Waals surface area (Å²) in [6.45, 7) is 2.93. The Labute approximate surface area is 160 Å². The number of carbonyl (C=O) groups is 1. The monoisotopic (exact) mass is 383 g/mol. The highest BCUT2D eigenvalue weighted by atomic mass is 32.2. The predicted molar refractivity (Wildman–Crippen MR) is 104 cm³/mol. The van der Waals surface area contributed by atoms with Crippen molar-refractivity contribution in [1.82, 2.24) is 5.32 Å². The van der Waals surface area contributed by atoms with Gasteiger partial charge in [0.25, 0.3) is 5.91 Å². The number of rotatable bonds is 8. The zero-order chi connectivity index (χ0) is 19.1. The Balaban J connectivity index is 1.54. The lowest BCUT2D eigenvalue weighted by atomic mass is 10.2. The van der Waals surface area contributed by atoms with Crippen molar-refractivity contribution in [2.45, 2.75) is 24.1 Å². The maximum atomic E-state index is 12.3. The van der Waals surface area contributed by atoms with Crippen molar-refractivity contribution in [3.8, 4) is 5.75 Å². The molecule has 1 heterocycles. The van der Waals surface area contributed by atoms with Gasteiger partial charge in [0, 0.05) is 11.4 Å². The van der Waals surface area contributed by atoms with Gasteiger partial charge in [-0.25, -0.2) is 0 Å². The molecule has 1 amide bonds. The molecule has 0 saturated carbocycles. The molecule has 1 N–H and O–H groups in total. The standard InChI is InChI=1S/C21H21NO4S/c1-2-25-17-10-8-16(9-11-17)14-22-21(23)20-13-12-18(26-20)15-27(24)19-6-4-3-5-7-19/h3-13H,2,14-15H2,1H3,(H,22,23)/t27-/m0/s1. The van der Waals surface area contributed by atoms with E-state index in [2.05, 4.69) is 5.32 Å². The average molecular weight is 383 g/mol. The molecule has 3 aromatic rings. The van der Waals surface area contributed by atoms with E-state index in [-0.39, 0.29) is 17.4 Å². The molecule has 27 heavy (non-hydrogen) atoms. The predicted octanol–water partition coefficient (Wildman–Crippen LogP) is 3.92. The van der Waals surface area contributed by atoms with E-state index in [0.717, 1.165) is 16.2 Å². The van der Waals surface area contributed by atoms with Gasteiger partial charge in [0.15, 0.2) is 5.76 Å². The first-order valence-electron chi connectivity index (χ1n) is 8.68. The van der Waals surface area contributed by atoms with Crippen LogP contribution in [0.2, 0.25) is 0 Å². The number of nitrogens with one attached hydrogen (secondary N) is 1.